The van der Waals surface area contributed by atoms with Crippen LogP contribution in [0.2, 0.25) is 0 Å². The highest BCUT2D eigenvalue weighted by Crippen LogP contribution is 2.41. The van der Waals surface area contributed by atoms with E-state index in [4.69, 9.17) is 14.2 Å². The van der Waals surface area contributed by atoms with Gasteiger partial charge in [-0.2, -0.15) is 0 Å². The number of nitrogens with zero attached hydrogens (tertiary/aromatic N) is 1. The standard InChI is InChI=1S/C22H21NO6S/c1-4-29-22(26)19-20(25)18(11-13-10-16(28-3)8-9-17(13)24)30-21(19)23-14-6-5-7-15(12-14)27-2/h5-12,24-25H,4H2,1-3H3/b18-11+,23-21?. The van der Waals surface area contributed by atoms with Crippen molar-refractivity contribution in [2.75, 3.05) is 20.8 Å². The van der Waals surface area contributed by atoms with E-state index >= 15 is 0 Å². The molecule has 0 unspecified atom stereocenters. The van der Waals surface area contributed by atoms with Gasteiger partial charge in [-0.25, -0.2) is 9.79 Å². The monoisotopic (exact) mass is 427 g/mol. The Hall–Kier alpha value is -3.39. The molecule has 2 N–H and O–H groups in total. The fourth-order valence-corrected chi connectivity index (χ4v) is 3.73. The van der Waals surface area contributed by atoms with E-state index in [0.717, 1.165) is 11.8 Å². The van der Waals surface area contributed by atoms with Crippen molar-refractivity contribution in [1.29, 1.82) is 0 Å². The number of esters is 1. The van der Waals surface area contributed by atoms with Gasteiger partial charge in [-0.3, -0.25) is 0 Å². The number of carbonyl (C=O) groups excluding carboxylic acids is 1. The van der Waals surface area contributed by atoms with Crippen molar-refractivity contribution in [3.8, 4) is 17.2 Å². The van der Waals surface area contributed by atoms with Gasteiger partial charge in [0.25, 0.3) is 0 Å². The molecule has 0 aliphatic carbocycles. The Morgan fingerprint density at radius 1 is 1.10 bits per heavy atom. The Morgan fingerprint density at radius 3 is 2.53 bits per heavy atom. The molecule has 1 heterocycles. The zero-order valence-electron chi connectivity index (χ0n) is 16.7. The summed E-state index contributed by atoms with van der Waals surface area (Å²) in [4.78, 5) is 17.3. The second kappa shape index (κ2) is 9.41. The number of phenols is 1. The van der Waals surface area contributed by atoms with E-state index in [0.29, 0.717) is 27.7 Å². The van der Waals surface area contributed by atoms with Crippen molar-refractivity contribution in [3.05, 3.63) is 64.3 Å². The molecule has 0 bridgehead atoms. The lowest BCUT2D eigenvalue weighted by atomic mass is 10.1. The van der Waals surface area contributed by atoms with Crippen LogP contribution in [-0.4, -0.2) is 42.1 Å². The van der Waals surface area contributed by atoms with Gasteiger partial charge in [0.15, 0.2) is 0 Å². The lowest BCUT2D eigenvalue weighted by molar-refractivity contribution is -0.138. The molecule has 2 aromatic carbocycles. The van der Waals surface area contributed by atoms with E-state index in [1.165, 1.54) is 13.2 Å². The number of ether oxygens (including phenoxy) is 3. The van der Waals surface area contributed by atoms with Gasteiger partial charge < -0.3 is 24.4 Å². The van der Waals surface area contributed by atoms with Crippen LogP contribution in [0, 0.1) is 0 Å². The summed E-state index contributed by atoms with van der Waals surface area (Å²) in [5, 5.41) is 21.2. The predicted octanol–water partition coefficient (Wildman–Crippen LogP) is 4.60. The van der Waals surface area contributed by atoms with Crippen molar-refractivity contribution in [1.82, 2.24) is 0 Å². The van der Waals surface area contributed by atoms with Crippen LogP contribution in [0.4, 0.5) is 5.69 Å². The summed E-state index contributed by atoms with van der Waals surface area (Å²) in [6.07, 6.45) is 1.56. The van der Waals surface area contributed by atoms with Crippen molar-refractivity contribution < 1.29 is 29.2 Å². The first kappa shape index (κ1) is 21.3. The summed E-state index contributed by atoms with van der Waals surface area (Å²) in [5.41, 5.74) is 0.949. The Kier molecular flexibility index (Phi) is 6.68. The van der Waals surface area contributed by atoms with Crippen molar-refractivity contribution in [2.24, 2.45) is 4.99 Å². The summed E-state index contributed by atoms with van der Waals surface area (Å²) < 4.78 is 15.5. The molecule has 0 radical (unpaired) electrons. The molecule has 7 nitrogen and oxygen atoms in total. The molecule has 0 aromatic heterocycles. The van der Waals surface area contributed by atoms with Crippen LogP contribution < -0.4 is 9.47 Å². The number of rotatable bonds is 6. The van der Waals surface area contributed by atoms with E-state index < -0.39 is 5.97 Å². The second-order valence-corrected chi connectivity index (χ2v) is 7.13. The highest BCUT2D eigenvalue weighted by molar-refractivity contribution is 8.18. The van der Waals surface area contributed by atoms with E-state index in [1.807, 2.05) is 0 Å². The lowest BCUT2D eigenvalue weighted by Crippen LogP contribution is -2.12. The molecule has 0 spiro atoms. The number of aliphatic imine (C=N–C) groups is 1. The summed E-state index contributed by atoms with van der Waals surface area (Å²) in [6, 6.07) is 11.8. The Labute approximate surface area is 178 Å². The molecular weight excluding hydrogens is 406 g/mol. The molecule has 8 heteroatoms. The number of aliphatic hydroxyl groups excluding tert-OH is 1. The molecule has 1 aliphatic heterocycles. The maximum atomic E-state index is 12.5. The fraction of sp³-hybridized carbons (Fsp3) is 0.182. The van der Waals surface area contributed by atoms with E-state index in [9.17, 15) is 15.0 Å². The molecule has 30 heavy (non-hydrogen) atoms. The minimum Gasteiger partial charge on any atom is -0.507 e. The van der Waals surface area contributed by atoms with Gasteiger partial charge in [0.2, 0.25) is 0 Å². The molecule has 156 valence electrons. The highest BCUT2D eigenvalue weighted by Gasteiger charge is 2.33. The van der Waals surface area contributed by atoms with Gasteiger partial charge in [0.1, 0.15) is 33.6 Å². The molecule has 1 aliphatic rings. The largest absolute Gasteiger partial charge is 0.507 e. The lowest BCUT2D eigenvalue weighted by Gasteiger charge is -2.05. The normalized spacial score (nSPS) is 16.2. The third kappa shape index (κ3) is 4.60. The molecule has 0 amide bonds. The number of phenolic OH excluding ortho intramolecular Hbond substituents is 1. The van der Waals surface area contributed by atoms with Gasteiger partial charge in [-0.05, 0) is 43.3 Å². The molecule has 0 saturated heterocycles. The fourth-order valence-electron chi connectivity index (χ4n) is 2.71. The first-order valence-electron chi connectivity index (χ1n) is 9.07. The number of benzene rings is 2. The summed E-state index contributed by atoms with van der Waals surface area (Å²) in [7, 11) is 3.07. The van der Waals surface area contributed by atoms with Gasteiger partial charge in [0, 0.05) is 11.6 Å². The molecule has 0 atom stereocenters. The summed E-state index contributed by atoms with van der Waals surface area (Å²) >= 11 is 1.10. The maximum absolute atomic E-state index is 12.5. The number of thioether (sulfide) groups is 1. The topological polar surface area (TPSA) is 97.6 Å². The number of hydrogen-bond donors (Lipinski definition) is 2. The smallest absolute Gasteiger partial charge is 0.344 e. The van der Waals surface area contributed by atoms with Crippen LogP contribution in [-0.2, 0) is 9.53 Å². The third-order valence-electron chi connectivity index (χ3n) is 4.18. The van der Waals surface area contributed by atoms with Gasteiger partial charge in [-0.15, -0.1) is 0 Å². The van der Waals surface area contributed by atoms with Gasteiger partial charge >= 0.3 is 5.97 Å². The van der Waals surface area contributed by atoms with Crippen LogP contribution in [0.1, 0.15) is 12.5 Å². The Bertz CT molecular complexity index is 1060. The first-order valence-corrected chi connectivity index (χ1v) is 9.88. The van der Waals surface area contributed by atoms with Crippen LogP contribution in [0.5, 0.6) is 17.2 Å². The maximum Gasteiger partial charge on any atom is 0.344 e. The zero-order chi connectivity index (χ0) is 21.7. The predicted molar refractivity (Wildman–Crippen MR) is 117 cm³/mol. The molecule has 0 saturated carbocycles. The number of aromatic hydroxyl groups is 1. The van der Waals surface area contributed by atoms with Crippen LogP contribution in [0.3, 0.4) is 0 Å². The highest BCUT2D eigenvalue weighted by atomic mass is 32.2. The van der Waals surface area contributed by atoms with Crippen LogP contribution in [0.15, 0.2) is 63.7 Å². The average molecular weight is 427 g/mol. The Morgan fingerprint density at radius 2 is 1.83 bits per heavy atom. The van der Waals surface area contributed by atoms with E-state index in [1.54, 1.807) is 56.5 Å². The van der Waals surface area contributed by atoms with Crippen molar-refractivity contribution in [3.63, 3.8) is 0 Å². The van der Waals surface area contributed by atoms with Gasteiger partial charge in [0.05, 0.1) is 31.4 Å². The van der Waals surface area contributed by atoms with Crippen LogP contribution in [0.25, 0.3) is 6.08 Å². The van der Waals surface area contributed by atoms with E-state index in [-0.39, 0.29) is 28.7 Å². The second-order valence-electron chi connectivity index (χ2n) is 6.10. The molecule has 0 fully saturated rings. The SMILES string of the molecule is CCOC(=O)C1=C(O)/C(=C\c2cc(OC)ccc2O)SC1=Nc1cccc(OC)c1. The van der Waals surface area contributed by atoms with E-state index in [2.05, 4.69) is 4.99 Å². The number of methoxy groups -OCH3 is 2. The number of hydrogen-bond acceptors (Lipinski definition) is 8. The van der Waals surface area contributed by atoms with Gasteiger partial charge in [-0.1, -0.05) is 17.8 Å². The molecular formula is C22H21NO6S. The van der Waals surface area contributed by atoms with Crippen LogP contribution >= 0.6 is 11.8 Å². The van der Waals surface area contributed by atoms with Crippen molar-refractivity contribution in [2.45, 2.75) is 6.92 Å². The minimum atomic E-state index is -0.678. The molecule has 3 rings (SSSR count). The Balaban J connectivity index is 2.07. The third-order valence-corrected chi connectivity index (χ3v) is 5.20. The minimum absolute atomic E-state index is 0.00701. The summed E-state index contributed by atoms with van der Waals surface area (Å²) in [6.45, 7) is 1.84. The number of aliphatic hydroxyl groups is 1. The first-order chi connectivity index (χ1) is 14.5. The average Bonchev–Trinajstić information content (AvgIpc) is 3.04. The number of carbonyl (C=O) groups is 1. The quantitative estimate of drug-likeness (QED) is 0.650. The zero-order valence-corrected chi connectivity index (χ0v) is 17.5. The molecule has 2 aromatic rings. The van der Waals surface area contributed by atoms with Crippen molar-refractivity contribution >= 4 is 34.5 Å². The summed E-state index contributed by atoms with van der Waals surface area (Å²) in [5.74, 6) is 0.224.